The van der Waals surface area contributed by atoms with Gasteiger partial charge >= 0.3 is 0 Å². The van der Waals surface area contributed by atoms with E-state index in [1.165, 1.54) is 12.1 Å². The Balaban J connectivity index is 2.83. The van der Waals surface area contributed by atoms with Gasteiger partial charge in [0.25, 0.3) is 0 Å². The van der Waals surface area contributed by atoms with Gasteiger partial charge in [-0.15, -0.1) is 6.42 Å². The van der Waals surface area contributed by atoms with E-state index in [4.69, 9.17) is 6.42 Å². The second-order valence-corrected chi connectivity index (χ2v) is 3.44. The molecule has 0 bridgehead atoms. The van der Waals surface area contributed by atoms with E-state index in [0.29, 0.717) is 5.56 Å². The third kappa shape index (κ3) is 3.03. The smallest absolute Gasteiger partial charge is 0.130 e. The summed E-state index contributed by atoms with van der Waals surface area (Å²) >= 11 is 0. The highest BCUT2D eigenvalue weighted by Gasteiger charge is 2.12. The number of nitrogens with one attached hydrogen (secondary N) is 1. The first-order valence-electron chi connectivity index (χ1n) is 4.71. The SMILES string of the molecule is C#CC(C)NC(C)c1ccc(F)cc1F. The Kier molecular flexibility index (Phi) is 3.81. The van der Waals surface area contributed by atoms with Gasteiger partial charge < -0.3 is 0 Å². The van der Waals surface area contributed by atoms with Gasteiger partial charge in [-0.1, -0.05) is 12.0 Å². The first-order chi connectivity index (χ1) is 7.04. The summed E-state index contributed by atoms with van der Waals surface area (Å²) in [5, 5.41) is 3.01. The Morgan fingerprint density at radius 1 is 1.33 bits per heavy atom. The molecule has 0 aliphatic heterocycles. The number of halogens is 2. The maximum absolute atomic E-state index is 13.3. The zero-order valence-corrected chi connectivity index (χ0v) is 8.72. The first-order valence-corrected chi connectivity index (χ1v) is 4.71. The van der Waals surface area contributed by atoms with Crippen molar-refractivity contribution in [2.75, 3.05) is 0 Å². The molecule has 1 rings (SSSR count). The summed E-state index contributed by atoms with van der Waals surface area (Å²) in [7, 11) is 0. The quantitative estimate of drug-likeness (QED) is 0.754. The molecular formula is C12H13F2N. The highest BCUT2D eigenvalue weighted by atomic mass is 19.1. The first kappa shape index (κ1) is 11.7. The Morgan fingerprint density at radius 3 is 2.53 bits per heavy atom. The van der Waals surface area contributed by atoms with E-state index in [-0.39, 0.29) is 12.1 Å². The lowest BCUT2D eigenvalue weighted by Gasteiger charge is -2.17. The Labute approximate surface area is 88.5 Å². The van der Waals surface area contributed by atoms with Crippen LogP contribution in [-0.4, -0.2) is 6.04 Å². The molecular weight excluding hydrogens is 196 g/mol. The van der Waals surface area contributed by atoms with E-state index in [1.807, 2.05) is 0 Å². The van der Waals surface area contributed by atoms with Gasteiger partial charge in [0.1, 0.15) is 11.6 Å². The zero-order chi connectivity index (χ0) is 11.4. The summed E-state index contributed by atoms with van der Waals surface area (Å²) in [4.78, 5) is 0. The standard InChI is InChI=1S/C12H13F2N/c1-4-8(2)15-9(3)11-6-5-10(13)7-12(11)14/h1,5-9,15H,2-3H3. The fourth-order valence-corrected chi connectivity index (χ4v) is 1.37. The number of hydrogen-bond acceptors (Lipinski definition) is 1. The van der Waals surface area contributed by atoms with E-state index in [0.717, 1.165) is 6.07 Å². The van der Waals surface area contributed by atoms with Gasteiger partial charge in [-0.25, -0.2) is 8.78 Å². The summed E-state index contributed by atoms with van der Waals surface area (Å²) in [6, 6.07) is 3.14. The molecule has 0 aliphatic carbocycles. The minimum absolute atomic E-state index is 0.149. The fraction of sp³-hybridized carbons (Fsp3) is 0.333. The maximum atomic E-state index is 13.3. The molecule has 0 amide bonds. The normalized spacial score (nSPS) is 14.3. The second kappa shape index (κ2) is 4.90. The van der Waals surface area contributed by atoms with E-state index < -0.39 is 11.6 Å². The summed E-state index contributed by atoms with van der Waals surface area (Å²) in [6.07, 6.45) is 5.19. The number of hydrogen-bond donors (Lipinski definition) is 1. The van der Waals surface area contributed by atoms with E-state index in [2.05, 4.69) is 11.2 Å². The maximum Gasteiger partial charge on any atom is 0.130 e. The number of terminal acetylenes is 1. The summed E-state index contributed by atoms with van der Waals surface area (Å²) in [5.41, 5.74) is 0.415. The molecule has 1 nitrogen and oxygen atoms in total. The van der Waals surface area contributed by atoms with Crippen molar-refractivity contribution in [2.45, 2.75) is 25.9 Å². The van der Waals surface area contributed by atoms with Gasteiger partial charge in [0, 0.05) is 17.7 Å². The van der Waals surface area contributed by atoms with Gasteiger partial charge in [-0.2, -0.15) is 0 Å². The van der Waals surface area contributed by atoms with Gasteiger partial charge in [0.15, 0.2) is 0 Å². The van der Waals surface area contributed by atoms with Gasteiger partial charge in [-0.05, 0) is 19.9 Å². The molecule has 2 unspecified atom stereocenters. The van der Waals surface area contributed by atoms with Gasteiger partial charge in [-0.3, -0.25) is 5.32 Å². The molecule has 15 heavy (non-hydrogen) atoms. The van der Waals surface area contributed by atoms with Crippen molar-refractivity contribution in [3.05, 3.63) is 35.4 Å². The van der Waals surface area contributed by atoms with Gasteiger partial charge in [0.05, 0.1) is 6.04 Å². The van der Waals surface area contributed by atoms with Crippen LogP contribution in [-0.2, 0) is 0 Å². The molecule has 0 fully saturated rings. The lowest BCUT2D eigenvalue weighted by molar-refractivity contribution is 0.504. The zero-order valence-electron chi connectivity index (χ0n) is 8.72. The van der Waals surface area contributed by atoms with Crippen molar-refractivity contribution in [1.29, 1.82) is 0 Å². The van der Waals surface area contributed by atoms with E-state index in [9.17, 15) is 8.78 Å². The lowest BCUT2D eigenvalue weighted by Crippen LogP contribution is -2.28. The monoisotopic (exact) mass is 209 g/mol. The molecule has 1 aromatic rings. The summed E-state index contributed by atoms with van der Waals surface area (Å²) in [5.74, 6) is 1.36. The van der Waals surface area contributed by atoms with Crippen molar-refractivity contribution in [3.63, 3.8) is 0 Å². The molecule has 0 radical (unpaired) electrons. The molecule has 1 N–H and O–H groups in total. The van der Waals surface area contributed by atoms with Crippen LogP contribution in [0.1, 0.15) is 25.5 Å². The minimum Gasteiger partial charge on any atom is -0.297 e. The molecule has 2 atom stereocenters. The Hall–Kier alpha value is -1.40. The van der Waals surface area contributed by atoms with Crippen LogP contribution in [0.15, 0.2) is 18.2 Å². The molecule has 0 aromatic heterocycles. The van der Waals surface area contributed by atoms with Crippen molar-refractivity contribution in [1.82, 2.24) is 5.32 Å². The largest absolute Gasteiger partial charge is 0.297 e. The number of benzene rings is 1. The van der Waals surface area contributed by atoms with Crippen molar-refractivity contribution in [3.8, 4) is 12.3 Å². The Bertz CT molecular complexity index is 382. The van der Waals surface area contributed by atoms with Gasteiger partial charge in [0.2, 0.25) is 0 Å². The van der Waals surface area contributed by atoms with Crippen LogP contribution in [0.5, 0.6) is 0 Å². The molecule has 1 aromatic carbocycles. The topological polar surface area (TPSA) is 12.0 Å². The molecule has 0 saturated carbocycles. The Morgan fingerprint density at radius 2 is 2.00 bits per heavy atom. The third-order valence-corrected chi connectivity index (χ3v) is 2.18. The second-order valence-electron chi connectivity index (χ2n) is 3.44. The predicted molar refractivity (Wildman–Crippen MR) is 56.2 cm³/mol. The minimum atomic E-state index is -0.576. The average molecular weight is 209 g/mol. The van der Waals surface area contributed by atoms with E-state index in [1.54, 1.807) is 13.8 Å². The average Bonchev–Trinajstić information content (AvgIpc) is 2.17. The van der Waals surface area contributed by atoms with E-state index >= 15 is 0 Å². The van der Waals surface area contributed by atoms with Crippen LogP contribution < -0.4 is 5.32 Å². The van der Waals surface area contributed by atoms with Crippen molar-refractivity contribution < 1.29 is 8.78 Å². The molecule has 0 spiro atoms. The number of rotatable bonds is 3. The van der Waals surface area contributed by atoms with Crippen LogP contribution in [0.3, 0.4) is 0 Å². The molecule has 80 valence electrons. The third-order valence-electron chi connectivity index (χ3n) is 2.18. The van der Waals surface area contributed by atoms with Crippen LogP contribution >= 0.6 is 0 Å². The highest BCUT2D eigenvalue weighted by Crippen LogP contribution is 2.17. The predicted octanol–water partition coefficient (Wildman–Crippen LogP) is 2.64. The molecule has 0 saturated heterocycles. The molecule has 0 aliphatic rings. The van der Waals surface area contributed by atoms with Crippen molar-refractivity contribution >= 4 is 0 Å². The molecule has 3 heteroatoms. The summed E-state index contributed by atoms with van der Waals surface area (Å²) < 4.78 is 26.0. The van der Waals surface area contributed by atoms with Crippen LogP contribution in [0, 0.1) is 24.0 Å². The van der Waals surface area contributed by atoms with Crippen LogP contribution in [0.4, 0.5) is 8.78 Å². The lowest BCUT2D eigenvalue weighted by atomic mass is 10.1. The van der Waals surface area contributed by atoms with Crippen molar-refractivity contribution in [2.24, 2.45) is 0 Å². The highest BCUT2D eigenvalue weighted by molar-refractivity contribution is 5.22. The summed E-state index contributed by atoms with van der Waals surface area (Å²) in [6.45, 7) is 3.59. The molecule has 0 heterocycles. The van der Waals surface area contributed by atoms with Crippen LogP contribution in [0.2, 0.25) is 0 Å². The fourth-order valence-electron chi connectivity index (χ4n) is 1.37. The van der Waals surface area contributed by atoms with Crippen LogP contribution in [0.25, 0.3) is 0 Å².